The lowest BCUT2D eigenvalue weighted by Crippen LogP contribution is -2.18. The van der Waals surface area contributed by atoms with Crippen LogP contribution in [-0.2, 0) is 22.6 Å². The quantitative estimate of drug-likeness (QED) is 0.327. The van der Waals surface area contributed by atoms with Crippen LogP contribution in [0.25, 0.3) is 0 Å². The number of hydrogen-bond donors (Lipinski definition) is 2. The third-order valence-electron chi connectivity index (χ3n) is 4.59. The summed E-state index contributed by atoms with van der Waals surface area (Å²) in [5.41, 5.74) is 2.23. The Balaban J connectivity index is 1.61. The van der Waals surface area contributed by atoms with Gasteiger partial charge in [0.15, 0.2) is 5.16 Å². The van der Waals surface area contributed by atoms with Crippen molar-refractivity contribution in [2.45, 2.75) is 25.0 Å². The van der Waals surface area contributed by atoms with E-state index in [4.69, 9.17) is 16.3 Å². The van der Waals surface area contributed by atoms with Crippen LogP contribution in [0.5, 0.6) is 5.75 Å². The number of nitrogens with zero attached hydrogens (tertiary/aromatic N) is 3. The second kappa shape index (κ2) is 11.5. The van der Waals surface area contributed by atoms with Gasteiger partial charge in [0.25, 0.3) is 0 Å². The number of hydrogen-bond acceptors (Lipinski definition) is 6. The fourth-order valence-electron chi connectivity index (χ4n) is 2.98. The zero-order chi connectivity index (χ0) is 23.8. The van der Waals surface area contributed by atoms with Crippen molar-refractivity contribution in [3.05, 3.63) is 71.5 Å². The molecule has 0 atom stereocenters. The zero-order valence-electron chi connectivity index (χ0n) is 18.3. The third-order valence-corrected chi connectivity index (χ3v) is 5.79. The Morgan fingerprint density at radius 2 is 1.91 bits per heavy atom. The normalized spacial score (nSPS) is 10.5. The molecule has 0 aliphatic carbocycles. The van der Waals surface area contributed by atoms with E-state index in [0.29, 0.717) is 39.7 Å². The lowest BCUT2D eigenvalue weighted by Gasteiger charge is -2.10. The second-order valence-corrected chi connectivity index (χ2v) is 8.43. The molecule has 8 nitrogen and oxygen atoms in total. The van der Waals surface area contributed by atoms with Crippen molar-refractivity contribution < 1.29 is 14.3 Å². The molecule has 0 aliphatic heterocycles. The van der Waals surface area contributed by atoms with Gasteiger partial charge in [0.2, 0.25) is 11.8 Å². The summed E-state index contributed by atoms with van der Waals surface area (Å²) in [6.45, 7) is 6.05. The average molecular weight is 486 g/mol. The Bertz CT molecular complexity index is 1150. The molecule has 0 unspecified atom stereocenters. The van der Waals surface area contributed by atoms with E-state index in [0.717, 1.165) is 5.56 Å². The molecule has 3 aromatic rings. The second-order valence-electron chi connectivity index (χ2n) is 7.05. The maximum absolute atomic E-state index is 12.5. The summed E-state index contributed by atoms with van der Waals surface area (Å²) < 4.78 is 6.89. The Kier molecular flexibility index (Phi) is 8.51. The van der Waals surface area contributed by atoms with E-state index in [1.165, 1.54) is 11.8 Å². The smallest absolute Gasteiger partial charge is 0.234 e. The number of anilines is 2. The molecule has 1 heterocycles. The molecule has 2 aromatic carbocycles. The van der Waals surface area contributed by atoms with Gasteiger partial charge < -0.3 is 19.9 Å². The van der Waals surface area contributed by atoms with Crippen molar-refractivity contribution in [1.29, 1.82) is 0 Å². The average Bonchev–Trinajstić information content (AvgIpc) is 3.16. The van der Waals surface area contributed by atoms with Crippen molar-refractivity contribution in [2.75, 3.05) is 23.5 Å². The largest absolute Gasteiger partial charge is 0.497 e. The third kappa shape index (κ3) is 6.84. The van der Waals surface area contributed by atoms with Gasteiger partial charge in [0.1, 0.15) is 11.6 Å². The molecule has 2 N–H and O–H groups in total. The minimum Gasteiger partial charge on any atom is -0.497 e. The predicted octanol–water partition coefficient (Wildman–Crippen LogP) is 4.35. The summed E-state index contributed by atoms with van der Waals surface area (Å²) in [5, 5.41) is 15.1. The van der Waals surface area contributed by atoms with Gasteiger partial charge in [-0.1, -0.05) is 29.4 Å². The van der Waals surface area contributed by atoms with Crippen LogP contribution in [0.15, 0.2) is 60.3 Å². The van der Waals surface area contributed by atoms with E-state index < -0.39 is 0 Å². The number of ether oxygens (including phenoxy) is 1. The highest BCUT2D eigenvalue weighted by Gasteiger charge is 2.17. The van der Waals surface area contributed by atoms with Gasteiger partial charge in [-0.3, -0.25) is 9.59 Å². The lowest BCUT2D eigenvalue weighted by molar-refractivity contribution is -0.116. The summed E-state index contributed by atoms with van der Waals surface area (Å²) in [6, 6.07) is 12.3. The number of carbonyl (C=O) groups is 2. The molecule has 0 saturated carbocycles. The standard InChI is InChI=1S/C23H24ClN5O3S/c1-4-11-29-20(13-21(30)25-17-6-8-18(32-3)9-7-17)27-28-23(29)33-14-22(31)26-19-10-5-16(24)12-15(19)2/h4-10,12H,1,11,13-14H2,2-3H3,(H,25,30)(H,26,31). The van der Waals surface area contributed by atoms with Gasteiger partial charge in [0.05, 0.1) is 19.3 Å². The van der Waals surface area contributed by atoms with Crippen molar-refractivity contribution >= 4 is 46.6 Å². The maximum Gasteiger partial charge on any atom is 0.234 e. The number of benzene rings is 2. The van der Waals surface area contributed by atoms with Crippen molar-refractivity contribution in [3.8, 4) is 5.75 Å². The molecule has 172 valence electrons. The Hall–Kier alpha value is -3.30. The van der Waals surface area contributed by atoms with Crippen LogP contribution < -0.4 is 15.4 Å². The molecular formula is C23H24ClN5O3S. The fraction of sp³-hybridized carbons (Fsp3) is 0.217. The van der Waals surface area contributed by atoms with E-state index in [2.05, 4.69) is 27.4 Å². The van der Waals surface area contributed by atoms with Crippen LogP contribution in [0, 0.1) is 6.92 Å². The highest BCUT2D eigenvalue weighted by atomic mass is 35.5. The molecule has 0 bridgehead atoms. The molecule has 3 rings (SSSR count). The minimum atomic E-state index is -0.231. The zero-order valence-corrected chi connectivity index (χ0v) is 19.9. The van der Waals surface area contributed by atoms with Crippen LogP contribution in [0.1, 0.15) is 11.4 Å². The van der Waals surface area contributed by atoms with Crippen LogP contribution in [-0.4, -0.2) is 39.4 Å². The number of allylic oxidation sites excluding steroid dienone is 1. The van der Waals surface area contributed by atoms with E-state index in [-0.39, 0.29) is 24.0 Å². The molecule has 0 aliphatic rings. The number of aromatic nitrogens is 3. The molecule has 2 amide bonds. The summed E-state index contributed by atoms with van der Waals surface area (Å²) in [6.07, 6.45) is 1.72. The van der Waals surface area contributed by atoms with Crippen LogP contribution >= 0.6 is 23.4 Å². The van der Waals surface area contributed by atoms with Gasteiger partial charge in [-0.2, -0.15) is 0 Å². The number of thioether (sulfide) groups is 1. The Morgan fingerprint density at radius 3 is 2.58 bits per heavy atom. The molecule has 1 aromatic heterocycles. The maximum atomic E-state index is 12.5. The first kappa shape index (κ1) is 24.3. The summed E-state index contributed by atoms with van der Waals surface area (Å²) in [4.78, 5) is 24.9. The number of amides is 2. The first-order valence-electron chi connectivity index (χ1n) is 10.0. The van der Waals surface area contributed by atoms with Gasteiger partial charge in [-0.15, -0.1) is 16.8 Å². The predicted molar refractivity (Wildman–Crippen MR) is 131 cm³/mol. The lowest BCUT2D eigenvalue weighted by atomic mass is 10.2. The number of methoxy groups -OCH3 is 1. The van der Waals surface area contributed by atoms with E-state index in [1.807, 2.05) is 6.92 Å². The number of aryl methyl sites for hydroxylation is 1. The molecule has 0 saturated heterocycles. The van der Waals surface area contributed by atoms with E-state index >= 15 is 0 Å². The van der Waals surface area contributed by atoms with Gasteiger partial charge in [-0.25, -0.2) is 0 Å². The minimum absolute atomic E-state index is 0.0313. The van der Waals surface area contributed by atoms with Gasteiger partial charge >= 0.3 is 0 Å². The SMILES string of the molecule is C=CCn1c(CC(=O)Nc2ccc(OC)cc2)nnc1SCC(=O)Nc1ccc(Cl)cc1C. The topological polar surface area (TPSA) is 98.1 Å². The first-order valence-corrected chi connectivity index (χ1v) is 11.4. The van der Waals surface area contributed by atoms with Crippen LogP contribution in [0.4, 0.5) is 11.4 Å². The van der Waals surface area contributed by atoms with Gasteiger partial charge in [0, 0.05) is 22.9 Å². The van der Waals surface area contributed by atoms with Crippen LogP contribution in [0.2, 0.25) is 5.02 Å². The summed E-state index contributed by atoms with van der Waals surface area (Å²) >= 11 is 7.20. The molecule has 0 fully saturated rings. The fourth-order valence-corrected chi connectivity index (χ4v) is 3.97. The van der Waals surface area contributed by atoms with E-state index in [9.17, 15) is 9.59 Å². The molecule has 33 heavy (non-hydrogen) atoms. The Morgan fingerprint density at radius 1 is 1.15 bits per heavy atom. The van der Waals surface area contributed by atoms with Crippen LogP contribution in [0.3, 0.4) is 0 Å². The molecule has 0 spiro atoms. The molecule has 10 heteroatoms. The van der Waals surface area contributed by atoms with E-state index in [1.54, 1.807) is 60.2 Å². The summed E-state index contributed by atoms with van der Waals surface area (Å²) in [5.74, 6) is 0.908. The van der Waals surface area contributed by atoms with Crippen molar-refractivity contribution in [2.24, 2.45) is 0 Å². The molecular weight excluding hydrogens is 462 g/mol. The summed E-state index contributed by atoms with van der Waals surface area (Å²) in [7, 11) is 1.58. The molecule has 0 radical (unpaired) electrons. The highest BCUT2D eigenvalue weighted by Crippen LogP contribution is 2.22. The Labute approximate surface area is 201 Å². The number of rotatable bonds is 10. The number of carbonyl (C=O) groups excluding carboxylic acids is 2. The number of nitrogens with one attached hydrogen (secondary N) is 2. The number of halogens is 1. The monoisotopic (exact) mass is 485 g/mol. The van der Waals surface area contributed by atoms with Crippen molar-refractivity contribution in [1.82, 2.24) is 14.8 Å². The van der Waals surface area contributed by atoms with Gasteiger partial charge in [-0.05, 0) is 55.0 Å². The van der Waals surface area contributed by atoms with Crippen molar-refractivity contribution in [3.63, 3.8) is 0 Å². The first-order chi connectivity index (χ1) is 15.9. The highest BCUT2D eigenvalue weighted by molar-refractivity contribution is 7.99.